The number of halogens is 1. The highest BCUT2D eigenvalue weighted by atomic mass is 35.5. The van der Waals surface area contributed by atoms with Crippen LogP contribution in [0.2, 0.25) is 5.02 Å². The molecule has 0 amide bonds. The number of nitrogens with zero attached hydrogens (tertiary/aromatic N) is 1. The van der Waals surface area contributed by atoms with E-state index in [1.54, 1.807) is 0 Å². The van der Waals surface area contributed by atoms with Gasteiger partial charge in [0, 0.05) is 5.56 Å². The van der Waals surface area contributed by atoms with E-state index in [0.29, 0.717) is 5.02 Å². The minimum atomic E-state index is 0.693. The molecule has 17 heavy (non-hydrogen) atoms. The molecule has 84 valence electrons. The van der Waals surface area contributed by atoms with Crippen LogP contribution in [-0.4, -0.2) is 9.97 Å². The van der Waals surface area contributed by atoms with E-state index in [4.69, 9.17) is 11.6 Å². The minimum Gasteiger partial charge on any atom is -0.338 e. The van der Waals surface area contributed by atoms with Gasteiger partial charge in [-0.2, -0.15) is 0 Å². The summed E-state index contributed by atoms with van der Waals surface area (Å²) in [5.41, 5.74) is 4.01. The van der Waals surface area contributed by atoms with E-state index >= 15 is 0 Å². The Balaban J connectivity index is 2.24. The van der Waals surface area contributed by atoms with E-state index in [1.807, 2.05) is 43.3 Å². The number of benzene rings is 2. The van der Waals surface area contributed by atoms with Gasteiger partial charge in [-0.1, -0.05) is 41.9 Å². The summed E-state index contributed by atoms with van der Waals surface area (Å²) in [5, 5.41) is 0.693. The summed E-state index contributed by atoms with van der Waals surface area (Å²) < 4.78 is 0. The molecule has 0 radical (unpaired) electrons. The Bertz CT molecular complexity index is 671. The van der Waals surface area contributed by atoms with Gasteiger partial charge < -0.3 is 4.98 Å². The Kier molecular flexibility index (Phi) is 2.37. The van der Waals surface area contributed by atoms with Crippen LogP contribution in [0.3, 0.4) is 0 Å². The van der Waals surface area contributed by atoms with Crippen molar-refractivity contribution in [2.45, 2.75) is 6.92 Å². The van der Waals surface area contributed by atoms with Gasteiger partial charge in [-0.05, 0) is 24.6 Å². The second kappa shape index (κ2) is 3.90. The summed E-state index contributed by atoms with van der Waals surface area (Å²) in [6.07, 6.45) is 0. The highest BCUT2D eigenvalue weighted by molar-refractivity contribution is 6.35. The smallest absolute Gasteiger partial charge is 0.138 e. The standard InChI is InChI=1S/C14H11ClN2/c1-9-7-11(15)13-12(8-9)16-14(17-13)10-5-3-2-4-6-10/h2-8H,1H3,(H,16,17). The molecule has 0 saturated heterocycles. The van der Waals surface area contributed by atoms with Crippen LogP contribution in [0.15, 0.2) is 42.5 Å². The number of fused-ring (bicyclic) bond motifs is 1. The highest BCUT2D eigenvalue weighted by Gasteiger charge is 2.08. The van der Waals surface area contributed by atoms with E-state index in [0.717, 1.165) is 28.0 Å². The fourth-order valence-electron chi connectivity index (χ4n) is 1.94. The maximum atomic E-state index is 6.18. The largest absolute Gasteiger partial charge is 0.338 e. The lowest BCUT2D eigenvalue weighted by Gasteiger charge is -1.94. The Labute approximate surface area is 104 Å². The molecule has 0 fully saturated rings. The first-order valence-corrected chi connectivity index (χ1v) is 5.83. The van der Waals surface area contributed by atoms with Gasteiger partial charge in [0.15, 0.2) is 0 Å². The summed E-state index contributed by atoms with van der Waals surface area (Å²) >= 11 is 6.18. The van der Waals surface area contributed by atoms with Crippen molar-refractivity contribution in [1.82, 2.24) is 9.97 Å². The maximum Gasteiger partial charge on any atom is 0.138 e. The van der Waals surface area contributed by atoms with Crippen molar-refractivity contribution in [2.24, 2.45) is 0 Å². The number of aromatic amines is 1. The van der Waals surface area contributed by atoms with Crippen molar-refractivity contribution < 1.29 is 0 Å². The zero-order valence-electron chi connectivity index (χ0n) is 9.37. The molecule has 3 rings (SSSR count). The van der Waals surface area contributed by atoms with E-state index in [1.165, 1.54) is 0 Å². The van der Waals surface area contributed by atoms with Crippen LogP contribution in [0.5, 0.6) is 0 Å². The van der Waals surface area contributed by atoms with Crippen LogP contribution in [0, 0.1) is 6.92 Å². The molecule has 3 aromatic rings. The molecular formula is C14H11ClN2. The molecule has 0 aliphatic carbocycles. The minimum absolute atomic E-state index is 0.693. The van der Waals surface area contributed by atoms with E-state index in [-0.39, 0.29) is 0 Å². The van der Waals surface area contributed by atoms with Gasteiger partial charge in [0.25, 0.3) is 0 Å². The second-order valence-corrected chi connectivity index (χ2v) is 4.50. The molecule has 3 heteroatoms. The lowest BCUT2D eigenvalue weighted by Crippen LogP contribution is -1.77. The number of hydrogen-bond donors (Lipinski definition) is 1. The third-order valence-corrected chi connectivity index (χ3v) is 3.02. The third-order valence-electron chi connectivity index (χ3n) is 2.73. The first-order chi connectivity index (χ1) is 8.24. The number of aryl methyl sites for hydroxylation is 1. The maximum absolute atomic E-state index is 6.18. The Morgan fingerprint density at radius 3 is 2.65 bits per heavy atom. The molecule has 1 N–H and O–H groups in total. The van der Waals surface area contributed by atoms with Gasteiger partial charge in [0.05, 0.1) is 10.5 Å². The van der Waals surface area contributed by atoms with Gasteiger partial charge >= 0.3 is 0 Å². The van der Waals surface area contributed by atoms with E-state index in [9.17, 15) is 0 Å². The predicted molar refractivity (Wildman–Crippen MR) is 71.3 cm³/mol. The summed E-state index contributed by atoms with van der Waals surface area (Å²) in [6, 6.07) is 14.0. The van der Waals surface area contributed by atoms with Crippen LogP contribution >= 0.6 is 11.6 Å². The monoisotopic (exact) mass is 242 g/mol. The van der Waals surface area contributed by atoms with Crippen LogP contribution in [0.4, 0.5) is 0 Å². The van der Waals surface area contributed by atoms with E-state index < -0.39 is 0 Å². The van der Waals surface area contributed by atoms with Crippen molar-refractivity contribution in [3.8, 4) is 11.4 Å². The van der Waals surface area contributed by atoms with Crippen molar-refractivity contribution >= 4 is 22.6 Å². The first kappa shape index (κ1) is 10.4. The number of H-pyrrole nitrogens is 1. The molecular weight excluding hydrogens is 232 g/mol. The molecule has 0 bridgehead atoms. The van der Waals surface area contributed by atoms with Gasteiger partial charge in [0.2, 0.25) is 0 Å². The average molecular weight is 243 g/mol. The summed E-state index contributed by atoms with van der Waals surface area (Å²) in [7, 11) is 0. The molecule has 1 aromatic heterocycles. The van der Waals surface area contributed by atoms with Crippen molar-refractivity contribution in [2.75, 3.05) is 0 Å². The lowest BCUT2D eigenvalue weighted by molar-refractivity contribution is 1.34. The second-order valence-electron chi connectivity index (χ2n) is 4.09. The number of aromatic nitrogens is 2. The Morgan fingerprint density at radius 1 is 1.12 bits per heavy atom. The van der Waals surface area contributed by atoms with Crippen LogP contribution in [-0.2, 0) is 0 Å². The molecule has 2 nitrogen and oxygen atoms in total. The number of imidazole rings is 1. The first-order valence-electron chi connectivity index (χ1n) is 5.45. The molecule has 0 atom stereocenters. The van der Waals surface area contributed by atoms with E-state index in [2.05, 4.69) is 16.0 Å². The van der Waals surface area contributed by atoms with Crippen molar-refractivity contribution in [1.29, 1.82) is 0 Å². The van der Waals surface area contributed by atoms with Gasteiger partial charge in [-0.3, -0.25) is 0 Å². The quantitative estimate of drug-likeness (QED) is 0.681. The molecule has 0 aliphatic rings. The highest BCUT2D eigenvalue weighted by Crippen LogP contribution is 2.26. The topological polar surface area (TPSA) is 28.7 Å². The molecule has 1 heterocycles. The summed E-state index contributed by atoms with van der Waals surface area (Å²) in [6.45, 7) is 2.02. The fraction of sp³-hybridized carbons (Fsp3) is 0.0714. The van der Waals surface area contributed by atoms with Crippen molar-refractivity contribution in [3.63, 3.8) is 0 Å². The van der Waals surface area contributed by atoms with Gasteiger partial charge in [-0.25, -0.2) is 4.98 Å². The summed E-state index contributed by atoms with van der Waals surface area (Å²) in [4.78, 5) is 7.83. The molecule has 0 saturated carbocycles. The van der Waals surface area contributed by atoms with Crippen LogP contribution in [0.1, 0.15) is 5.56 Å². The zero-order valence-corrected chi connectivity index (χ0v) is 10.1. The van der Waals surface area contributed by atoms with Gasteiger partial charge in [0.1, 0.15) is 11.3 Å². The zero-order chi connectivity index (χ0) is 11.8. The Hall–Kier alpha value is -1.80. The average Bonchev–Trinajstić information content (AvgIpc) is 2.74. The molecule has 0 aliphatic heterocycles. The van der Waals surface area contributed by atoms with Gasteiger partial charge in [-0.15, -0.1) is 0 Å². The predicted octanol–water partition coefficient (Wildman–Crippen LogP) is 4.19. The third kappa shape index (κ3) is 1.81. The molecule has 0 spiro atoms. The van der Waals surface area contributed by atoms with Crippen LogP contribution < -0.4 is 0 Å². The van der Waals surface area contributed by atoms with Crippen molar-refractivity contribution in [3.05, 3.63) is 53.1 Å². The lowest BCUT2D eigenvalue weighted by atomic mass is 10.2. The van der Waals surface area contributed by atoms with Crippen LogP contribution in [0.25, 0.3) is 22.4 Å². The fourth-order valence-corrected chi connectivity index (χ4v) is 2.26. The Morgan fingerprint density at radius 2 is 1.88 bits per heavy atom. The normalized spacial score (nSPS) is 10.9. The number of hydrogen-bond acceptors (Lipinski definition) is 1. The SMILES string of the molecule is Cc1cc(Cl)c2nc(-c3ccccc3)[nH]c2c1. The number of rotatable bonds is 1. The number of nitrogens with one attached hydrogen (secondary N) is 1. The summed E-state index contributed by atoms with van der Waals surface area (Å²) in [5.74, 6) is 0.855. The molecule has 2 aromatic carbocycles. The molecule has 0 unspecified atom stereocenters.